The van der Waals surface area contributed by atoms with Crippen LogP contribution in [0.3, 0.4) is 0 Å². The lowest BCUT2D eigenvalue weighted by molar-refractivity contribution is 0.0851. The molecule has 2 fully saturated rings. The molecule has 100 valence electrons. The van der Waals surface area contributed by atoms with Crippen LogP contribution in [0.25, 0.3) is 0 Å². The zero-order valence-corrected chi connectivity index (χ0v) is 11.1. The molecule has 1 saturated heterocycles. The maximum atomic E-state index is 5.58. The van der Waals surface area contributed by atoms with Gasteiger partial charge in [0.2, 0.25) is 0 Å². The maximum absolute atomic E-state index is 5.58. The molecule has 18 heavy (non-hydrogen) atoms. The van der Waals surface area contributed by atoms with Crippen LogP contribution in [-0.2, 0) is 4.74 Å². The minimum absolute atomic E-state index is 0.279. The van der Waals surface area contributed by atoms with Gasteiger partial charge in [0.25, 0.3) is 0 Å². The Balaban J connectivity index is 1.81. The van der Waals surface area contributed by atoms with E-state index in [1.54, 1.807) is 0 Å². The Morgan fingerprint density at radius 2 is 2.11 bits per heavy atom. The predicted octanol–water partition coefficient (Wildman–Crippen LogP) is 2.09. The van der Waals surface area contributed by atoms with Crippen LogP contribution < -0.4 is 5.32 Å². The van der Waals surface area contributed by atoms with Crippen molar-refractivity contribution < 1.29 is 4.74 Å². The van der Waals surface area contributed by atoms with Gasteiger partial charge in [-0.15, -0.1) is 0 Å². The normalized spacial score (nSPS) is 29.8. The lowest BCUT2D eigenvalue weighted by atomic mass is 9.87. The molecule has 1 unspecified atom stereocenters. The number of aromatic nitrogens is 2. The molecule has 1 saturated carbocycles. The van der Waals surface area contributed by atoms with Crippen molar-refractivity contribution in [2.24, 2.45) is 0 Å². The third-order valence-electron chi connectivity index (χ3n) is 4.51. The number of nitrogens with zero attached hydrogens (tertiary/aromatic N) is 2. The number of nitrogens with one attached hydrogen (secondary N) is 1. The van der Waals surface area contributed by atoms with Gasteiger partial charge in [0.05, 0.1) is 18.5 Å². The molecular weight excluding hydrogens is 226 g/mol. The second kappa shape index (κ2) is 5.41. The van der Waals surface area contributed by atoms with E-state index in [9.17, 15) is 0 Å². The summed E-state index contributed by atoms with van der Waals surface area (Å²) in [6.07, 6.45) is 11.1. The quantitative estimate of drug-likeness (QED) is 0.891. The van der Waals surface area contributed by atoms with Gasteiger partial charge in [-0.3, -0.25) is 0 Å². The Morgan fingerprint density at radius 3 is 2.89 bits per heavy atom. The van der Waals surface area contributed by atoms with Crippen molar-refractivity contribution >= 4 is 0 Å². The summed E-state index contributed by atoms with van der Waals surface area (Å²) in [6, 6.07) is 0.412. The van der Waals surface area contributed by atoms with Crippen LogP contribution in [0.5, 0.6) is 0 Å². The van der Waals surface area contributed by atoms with Gasteiger partial charge in [-0.05, 0) is 12.8 Å². The number of methoxy groups -OCH3 is 1. The summed E-state index contributed by atoms with van der Waals surface area (Å²) in [4.78, 5) is 4.39. The predicted molar refractivity (Wildman–Crippen MR) is 70.8 cm³/mol. The number of hydrogen-bond acceptors (Lipinski definition) is 3. The van der Waals surface area contributed by atoms with Gasteiger partial charge in [0.1, 0.15) is 0 Å². The molecule has 4 nitrogen and oxygen atoms in total. The van der Waals surface area contributed by atoms with E-state index in [0.29, 0.717) is 12.0 Å². The third-order valence-corrected chi connectivity index (χ3v) is 4.51. The summed E-state index contributed by atoms with van der Waals surface area (Å²) in [5.41, 5.74) is 1.42. The van der Waals surface area contributed by atoms with Gasteiger partial charge in [-0.1, -0.05) is 19.3 Å². The zero-order chi connectivity index (χ0) is 12.4. The SMILES string of the molecule is CO[C@H]1CNCC1n1cncc1C1CCCCC1. The summed E-state index contributed by atoms with van der Waals surface area (Å²) in [5.74, 6) is 0.708. The van der Waals surface area contributed by atoms with E-state index in [4.69, 9.17) is 4.74 Å². The summed E-state index contributed by atoms with van der Waals surface area (Å²) in [6.45, 7) is 1.94. The Bertz CT molecular complexity index is 384. The number of ether oxygens (including phenoxy) is 1. The third kappa shape index (κ3) is 2.19. The van der Waals surface area contributed by atoms with Gasteiger partial charge in [-0.2, -0.15) is 0 Å². The number of rotatable bonds is 3. The van der Waals surface area contributed by atoms with E-state index in [-0.39, 0.29) is 6.10 Å². The molecule has 1 aromatic heterocycles. The average Bonchev–Trinajstić information content (AvgIpc) is 3.07. The fourth-order valence-corrected chi connectivity index (χ4v) is 3.47. The molecule has 0 aromatic carbocycles. The highest BCUT2D eigenvalue weighted by atomic mass is 16.5. The molecule has 1 aromatic rings. The van der Waals surface area contributed by atoms with Crippen LogP contribution in [0.15, 0.2) is 12.5 Å². The molecular formula is C14H23N3O. The summed E-state index contributed by atoms with van der Waals surface area (Å²) in [7, 11) is 1.81. The fraction of sp³-hybridized carbons (Fsp3) is 0.786. The van der Waals surface area contributed by atoms with E-state index in [0.717, 1.165) is 13.1 Å². The number of imidazole rings is 1. The van der Waals surface area contributed by atoms with Gasteiger partial charge in [-0.25, -0.2) is 4.98 Å². The van der Waals surface area contributed by atoms with E-state index in [2.05, 4.69) is 21.1 Å². The van der Waals surface area contributed by atoms with Crippen molar-refractivity contribution in [3.05, 3.63) is 18.2 Å². The Labute approximate surface area is 109 Å². The summed E-state index contributed by atoms with van der Waals surface area (Å²) >= 11 is 0. The van der Waals surface area contributed by atoms with Crippen LogP contribution in [-0.4, -0.2) is 35.9 Å². The summed E-state index contributed by atoms with van der Waals surface area (Å²) in [5, 5.41) is 3.42. The molecule has 0 bridgehead atoms. The van der Waals surface area contributed by atoms with Crippen LogP contribution in [0.2, 0.25) is 0 Å². The van der Waals surface area contributed by atoms with Crippen molar-refractivity contribution in [2.75, 3.05) is 20.2 Å². The zero-order valence-electron chi connectivity index (χ0n) is 11.1. The standard InChI is InChI=1S/C14H23N3O/c1-18-14-9-15-8-13(14)17-10-16-7-12(17)11-5-3-2-4-6-11/h7,10-11,13-15H,2-6,8-9H2,1H3/t13?,14-/m0/s1. The monoisotopic (exact) mass is 249 g/mol. The average molecular weight is 249 g/mol. The van der Waals surface area contributed by atoms with E-state index in [1.165, 1.54) is 37.8 Å². The first-order chi connectivity index (χ1) is 8.90. The van der Waals surface area contributed by atoms with Gasteiger partial charge in [0, 0.05) is 38.0 Å². The fourth-order valence-electron chi connectivity index (χ4n) is 3.47. The minimum atomic E-state index is 0.279. The van der Waals surface area contributed by atoms with Gasteiger partial charge >= 0.3 is 0 Å². The van der Waals surface area contributed by atoms with Crippen LogP contribution in [0.4, 0.5) is 0 Å². The number of hydrogen-bond donors (Lipinski definition) is 1. The van der Waals surface area contributed by atoms with E-state index < -0.39 is 0 Å². The van der Waals surface area contributed by atoms with Crippen LogP contribution >= 0.6 is 0 Å². The first-order valence-electron chi connectivity index (χ1n) is 7.15. The van der Waals surface area contributed by atoms with E-state index in [1.807, 2.05) is 13.4 Å². The van der Waals surface area contributed by atoms with Gasteiger partial charge in [0.15, 0.2) is 0 Å². The summed E-state index contributed by atoms with van der Waals surface area (Å²) < 4.78 is 7.94. The Hall–Kier alpha value is -0.870. The highest BCUT2D eigenvalue weighted by Crippen LogP contribution is 2.34. The molecule has 3 rings (SSSR count). The van der Waals surface area contributed by atoms with Crippen molar-refractivity contribution in [1.82, 2.24) is 14.9 Å². The second-order valence-electron chi connectivity index (χ2n) is 5.56. The molecule has 0 amide bonds. The smallest absolute Gasteiger partial charge is 0.0952 e. The molecule has 4 heteroatoms. The van der Waals surface area contributed by atoms with Crippen LogP contribution in [0, 0.1) is 0 Å². The van der Waals surface area contributed by atoms with Gasteiger partial charge < -0.3 is 14.6 Å². The molecule has 2 atom stereocenters. The molecule has 1 aliphatic heterocycles. The van der Waals surface area contributed by atoms with Crippen molar-refractivity contribution in [3.63, 3.8) is 0 Å². The Kier molecular flexibility index (Phi) is 3.66. The molecule has 2 aliphatic rings. The lowest BCUT2D eigenvalue weighted by Crippen LogP contribution is -2.26. The van der Waals surface area contributed by atoms with Crippen molar-refractivity contribution in [2.45, 2.75) is 50.2 Å². The van der Waals surface area contributed by atoms with Crippen LogP contribution in [0.1, 0.15) is 49.8 Å². The molecule has 1 N–H and O–H groups in total. The highest BCUT2D eigenvalue weighted by Gasteiger charge is 2.31. The second-order valence-corrected chi connectivity index (χ2v) is 5.56. The maximum Gasteiger partial charge on any atom is 0.0952 e. The molecule has 1 aliphatic carbocycles. The molecule has 2 heterocycles. The lowest BCUT2D eigenvalue weighted by Gasteiger charge is -2.27. The first-order valence-corrected chi connectivity index (χ1v) is 7.15. The molecule has 0 radical (unpaired) electrons. The van der Waals surface area contributed by atoms with Crippen molar-refractivity contribution in [1.29, 1.82) is 0 Å². The first kappa shape index (κ1) is 12.2. The highest BCUT2D eigenvalue weighted by molar-refractivity contribution is 5.10. The van der Waals surface area contributed by atoms with E-state index >= 15 is 0 Å². The largest absolute Gasteiger partial charge is 0.378 e. The topological polar surface area (TPSA) is 39.1 Å². The Morgan fingerprint density at radius 1 is 1.28 bits per heavy atom. The molecule has 0 spiro atoms. The minimum Gasteiger partial charge on any atom is -0.378 e. The van der Waals surface area contributed by atoms with Crippen molar-refractivity contribution in [3.8, 4) is 0 Å².